The number of aliphatic hydroxyl groups excluding tert-OH is 1. The Morgan fingerprint density at radius 2 is 2.04 bits per heavy atom. The lowest BCUT2D eigenvalue weighted by molar-refractivity contribution is 0.105. The van der Waals surface area contributed by atoms with Gasteiger partial charge in [-0.25, -0.2) is 0 Å². The van der Waals surface area contributed by atoms with E-state index in [4.69, 9.17) is 4.74 Å². The lowest BCUT2D eigenvalue weighted by Gasteiger charge is -2.29. The van der Waals surface area contributed by atoms with Gasteiger partial charge >= 0.3 is 0 Å². The van der Waals surface area contributed by atoms with Gasteiger partial charge in [0.1, 0.15) is 5.75 Å². The van der Waals surface area contributed by atoms with E-state index in [1.54, 1.807) is 7.11 Å². The Bertz CT molecular complexity index is 945. The number of aliphatic hydroxyl groups is 1. The number of rotatable bonds is 4. The van der Waals surface area contributed by atoms with Gasteiger partial charge in [-0.05, 0) is 48.7 Å². The van der Waals surface area contributed by atoms with E-state index >= 15 is 0 Å². The molecule has 0 spiro atoms. The number of hydrogen-bond acceptors (Lipinski definition) is 3. The molecule has 2 N–H and O–H groups in total. The number of fused-ring (bicyclic) bond motifs is 3. The number of H-pyrrole nitrogens is 1. The van der Waals surface area contributed by atoms with Crippen LogP contribution in [-0.4, -0.2) is 35.2 Å². The molecule has 2 aromatic carbocycles. The molecule has 0 fully saturated rings. The van der Waals surface area contributed by atoms with Crippen molar-refractivity contribution in [1.29, 1.82) is 0 Å². The summed E-state index contributed by atoms with van der Waals surface area (Å²) in [7, 11) is 1.70. The fourth-order valence-electron chi connectivity index (χ4n) is 4.07. The topological polar surface area (TPSA) is 48.5 Å². The third kappa shape index (κ3) is 3.11. The number of hydrogen-bond donors (Lipinski definition) is 2. The normalized spacial score (nSPS) is 15.8. The van der Waals surface area contributed by atoms with Crippen LogP contribution in [0.2, 0.25) is 0 Å². The first-order valence-corrected chi connectivity index (χ1v) is 9.20. The predicted molar refractivity (Wildman–Crippen MR) is 105 cm³/mol. The third-order valence-electron chi connectivity index (χ3n) is 5.48. The number of ether oxygens (including phenoxy) is 1. The zero-order chi connectivity index (χ0) is 18.3. The first-order valence-electron chi connectivity index (χ1n) is 9.20. The Kier molecular flexibility index (Phi) is 4.47. The lowest BCUT2D eigenvalue weighted by atomic mass is 9.99. The van der Waals surface area contributed by atoms with Crippen molar-refractivity contribution in [2.24, 2.45) is 0 Å². The molecule has 1 aliphatic heterocycles. The van der Waals surface area contributed by atoms with Crippen molar-refractivity contribution in [2.75, 3.05) is 20.2 Å². The van der Waals surface area contributed by atoms with Crippen LogP contribution >= 0.6 is 0 Å². The van der Waals surface area contributed by atoms with Gasteiger partial charge in [-0.3, -0.25) is 4.90 Å². The van der Waals surface area contributed by atoms with Crippen LogP contribution < -0.4 is 4.74 Å². The largest absolute Gasteiger partial charge is 0.497 e. The summed E-state index contributed by atoms with van der Waals surface area (Å²) in [6.45, 7) is 6.62. The van der Waals surface area contributed by atoms with Crippen molar-refractivity contribution in [3.8, 4) is 5.75 Å². The van der Waals surface area contributed by atoms with Gasteiger partial charge in [-0.15, -0.1) is 0 Å². The maximum Gasteiger partial charge on any atom is 0.119 e. The SMILES string of the molecule is COc1ccc2[nH]c3c(c2c1)CN(C[C@H](O)c1ccc(C)cc1C)CC3. The van der Waals surface area contributed by atoms with E-state index in [-0.39, 0.29) is 0 Å². The second-order valence-electron chi connectivity index (χ2n) is 7.35. The van der Waals surface area contributed by atoms with E-state index in [1.165, 1.54) is 22.2 Å². The average Bonchev–Trinajstić information content (AvgIpc) is 2.98. The van der Waals surface area contributed by atoms with E-state index in [1.807, 2.05) is 6.07 Å². The summed E-state index contributed by atoms with van der Waals surface area (Å²) in [4.78, 5) is 5.89. The highest BCUT2D eigenvalue weighted by atomic mass is 16.5. The zero-order valence-electron chi connectivity index (χ0n) is 15.7. The Labute approximate surface area is 154 Å². The van der Waals surface area contributed by atoms with E-state index in [0.717, 1.165) is 41.9 Å². The summed E-state index contributed by atoms with van der Waals surface area (Å²) >= 11 is 0. The number of β-amino-alcohol motifs (C(OH)–C–C–N with tert-alkyl or cyclic N) is 1. The van der Waals surface area contributed by atoms with Gasteiger partial charge in [-0.1, -0.05) is 23.8 Å². The Morgan fingerprint density at radius 3 is 2.81 bits per heavy atom. The van der Waals surface area contributed by atoms with E-state index < -0.39 is 6.10 Å². The molecule has 4 heteroatoms. The lowest BCUT2D eigenvalue weighted by Crippen LogP contribution is -2.34. The van der Waals surface area contributed by atoms with Gasteiger partial charge in [0.05, 0.1) is 13.2 Å². The van der Waals surface area contributed by atoms with Crippen LogP contribution in [0.3, 0.4) is 0 Å². The monoisotopic (exact) mass is 350 g/mol. The fraction of sp³-hybridized carbons (Fsp3) is 0.364. The van der Waals surface area contributed by atoms with E-state index in [2.05, 4.69) is 54.1 Å². The second kappa shape index (κ2) is 6.78. The minimum atomic E-state index is -0.461. The Balaban J connectivity index is 1.56. The molecule has 0 amide bonds. The van der Waals surface area contributed by atoms with E-state index in [9.17, 15) is 5.11 Å². The van der Waals surface area contributed by atoms with Crippen LogP contribution in [0.5, 0.6) is 5.75 Å². The standard InChI is InChI=1S/C22H26N2O2/c1-14-4-6-17(15(2)10-14)22(25)13-24-9-8-21-19(12-24)18-11-16(26-3)5-7-20(18)23-21/h4-7,10-11,22-23,25H,8-9,12-13H2,1-3H3/t22-/m0/s1. The molecule has 0 saturated heterocycles. The van der Waals surface area contributed by atoms with Crippen LogP contribution in [-0.2, 0) is 13.0 Å². The maximum atomic E-state index is 10.8. The summed E-state index contributed by atoms with van der Waals surface area (Å²) in [5, 5.41) is 12.0. The van der Waals surface area contributed by atoms with Crippen molar-refractivity contribution in [2.45, 2.75) is 32.9 Å². The quantitative estimate of drug-likeness (QED) is 0.751. The van der Waals surface area contributed by atoms with Gasteiger partial charge in [0.2, 0.25) is 0 Å². The number of nitrogens with zero attached hydrogens (tertiary/aromatic N) is 1. The van der Waals surface area contributed by atoms with Gasteiger partial charge in [-0.2, -0.15) is 0 Å². The van der Waals surface area contributed by atoms with Gasteiger partial charge in [0.25, 0.3) is 0 Å². The number of benzene rings is 2. The smallest absolute Gasteiger partial charge is 0.119 e. The molecule has 4 rings (SSSR count). The molecule has 0 unspecified atom stereocenters. The van der Waals surface area contributed by atoms with E-state index in [0.29, 0.717) is 6.54 Å². The number of aromatic nitrogens is 1. The molecule has 1 aliphatic rings. The highest BCUT2D eigenvalue weighted by Crippen LogP contribution is 2.31. The van der Waals surface area contributed by atoms with Crippen LogP contribution in [0, 0.1) is 13.8 Å². The highest BCUT2D eigenvalue weighted by molar-refractivity contribution is 5.86. The van der Waals surface area contributed by atoms with Crippen molar-refractivity contribution in [3.63, 3.8) is 0 Å². The fourth-order valence-corrected chi connectivity index (χ4v) is 4.07. The first-order chi connectivity index (χ1) is 12.5. The molecular formula is C22H26N2O2. The van der Waals surface area contributed by atoms with Crippen molar-refractivity contribution >= 4 is 10.9 Å². The van der Waals surface area contributed by atoms with Gasteiger partial charge < -0.3 is 14.8 Å². The Hall–Kier alpha value is -2.30. The molecular weight excluding hydrogens is 324 g/mol. The molecule has 26 heavy (non-hydrogen) atoms. The molecule has 0 bridgehead atoms. The Morgan fingerprint density at radius 1 is 1.19 bits per heavy atom. The molecule has 1 aromatic heterocycles. The number of aromatic amines is 1. The molecule has 0 radical (unpaired) electrons. The maximum absolute atomic E-state index is 10.8. The molecule has 0 saturated carbocycles. The van der Waals surface area contributed by atoms with Crippen LogP contribution in [0.15, 0.2) is 36.4 Å². The van der Waals surface area contributed by atoms with Gasteiger partial charge in [0, 0.05) is 42.7 Å². The van der Waals surface area contributed by atoms with Crippen molar-refractivity contribution in [1.82, 2.24) is 9.88 Å². The molecule has 1 atom stereocenters. The van der Waals surface area contributed by atoms with Crippen LogP contribution in [0.4, 0.5) is 0 Å². The molecule has 2 heterocycles. The second-order valence-corrected chi connectivity index (χ2v) is 7.35. The van der Waals surface area contributed by atoms with Crippen LogP contribution in [0.1, 0.15) is 34.1 Å². The summed E-state index contributed by atoms with van der Waals surface area (Å²) in [5.41, 5.74) is 7.22. The van der Waals surface area contributed by atoms with Crippen LogP contribution in [0.25, 0.3) is 10.9 Å². The summed E-state index contributed by atoms with van der Waals surface area (Å²) in [6, 6.07) is 12.5. The molecule has 3 aromatic rings. The van der Waals surface area contributed by atoms with Crippen molar-refractivity contribution in [3.05, 3.63) is 64.3 Å². The average molecular weight is 350 g/mol. The zero-order valence-corrected chi connectivity index (χ0v) is 15.7. The predicted octanol–water partition coefficient (Wildman–Crippen LogP) is 3.89. The highest BCUT2D eigenvalue weighted by Gasteiger charge is 2.23. The van der Waals surface area contributed by atoms with Gasteiger partial charge in [0.15, 0.2) is 0 Å². The number of aryl methyl sites for hydroxylation is 2. The summed E-state index contributed by atoms with van der Waals surface area (Å²) in [5.74, 6) is 0.881. The number of methoxy groups -OCH3 is 1. The first kappa shape index (κ1) is 17.1. The minimum Gasteiger partial charge on any atom is -0.497 e. The summed E-state index contributed by atoms with van der Waals surface area (Å²) in [6.07, 6.45) is 0.517. The summed E-state index contributed by atoms with van der Waals surface area (Å²) < 4.78 is 5.39. The molecule has 0 aliphatic carbocycles. The number of nitrogens with one attached hydrogen (secondary N) is 1. The minimum absolute atomic E-state index is 0.461. The third-order valence-corrected chi connectivity index (χ3v) is 5.48. The molecule has 136 valence electrons. The van der Waals surface area contributed by atoms with Crippen molar-refractivity contribution < 1.29 is 9.84 Å². The molecule has 4 nitrogen and oxygen atoms in total.